The fourth-order valence-electron chi connectivity index (χ4n) is 1.53. The first-order chi connectivity index (χ1) is 6.83. The summed E-state index contributed by atoms with van der Waals surface area (Å²) in [7, 11) is 0. The standard InChI is InChI=1S/C9H13F2NO3/c1-6(8(14)15)7(13)12-4-2-3-9(10,11)5-12/h6H,2-5H2,1H3,(H,14,15). The molecular weight excluding hydrogens is 208 g/mol. The van der Waals surface area contributed by atoms with E-state index in [1.165, 1.54) is 6.92 Å². The van der Waals surface area contributed by atoms with E-state index in [1.807, 2.05) is 0 Å². The van der Waals surface area contributed by atoms with E-state index in [4.69, 9.17) is 5.11 Å². The minimum Gasteiger partial charge on any atom is -0.481 e. The molecule has 1 aliphatic heterocycles. The van der Waals surface area contributed by atoms with Gasteiger partial charge in [0.2, 0.25) is 5.91 Å². The minimum absolute atomic E-state index is 0.213. The molecule has 1 aliphatic rings. The average molecular weight is 221 g/mol. The van der Waals surface area contributed by atoms with E-state index in [1.54, 1.807) is 0 Å². The molecule has 4 nitrogen and oxygen atoms in total. The van der Waals surface area contributed by atoms with Gasteiger partial charge in [0, 0.05) is 13.0 Å². The van der Waals surface area contributed by atoms with Crippen molar-refractivity contribution in [3.63, 3.8) is 0 Å². The third kappa shape index (κ3) is 2.87. The molecule has 1 atom stereocenters. The second kappa shape index (κ2) is 4.12. The molecule has 86 valence electrons. The Balaban J connectivity index is 2.64. The first-order valence-corrected chi connectivity index (χ1v) is 4.73. The van der Waals surface area contributed by atoms with Crippen molar-refractivity contribution in [2.24, 2.45) is 5.92 Å². The maximum atomic E-state index is 12.9. The predicted octanol–water partition coefficient (Wildman–Crippen LogP) is 0.965. The van der Waals surface area contributed by atoms with Crippen LogP contribution in [-0.2, 0) is 9.59 Å². The number of piperidine rings is 1. The summed E-state index contributed by atoms with van der Waals surface area (Å²) in [6.45, 7) is 0.757. The highest BCUT2D eigenvalue weighted by Crippen LogP contribution is 2.27. The molecule has 1 N–H and O–H groups in total. The fourth-order valence-corrected chi connectivity index (χ4v) is 1.53. The van der Waals surface area contributed by atoms with Crippen LogP contribution < -0.4 is 0 Å². The molecule has 0 aromatic carbocycles. The second-order valence-corrected chi connectivity index (χ2v) is 3.78. The van der Waals surface area contributed by atoms with Gasteiger partial charge in [-0.15, -0.1) is 0 Å². The summed E-state index contributed by atoms with van der Waals surface area (Å²) in [5.74, 6) is -6.15. The van der Waals surface area contributed by atoms with Crippen LogP contribution in [-0.4, -0.2) is 40.9 Å². The number of carboxylic acid groups (broad SMARTS) is 1. The van der Waals surface area contributed by atoms with Crippen LogP contribution in [0.3, 0.4) is 0 Å². The number of aliphatic carboxylic acids is 1. The maximum absolute atomic E-state index is 12.9. The highest BCUT2D eigenvalue weighted by atomic mass is 19.3. The Bertz CT molecular complexity index is 281. The number of alkyl halides is 2. The molecule has 0 aliphatic carbocycles. The second-order valence-electron chi connectivity index (χ2n) is 3.78. The number of carbonyl (C=O) groups excluding carboxylic acids is 1. The van der Waals surface area contributed by atoms with Gasteiger partial charge in [-0.3, -0.25) is 9.59 Å². The van der Waals surface area contributed by atoms with Crippen LogP contribution in [0.25, 0.3) is 0 Å². The topological polar surface area (TPSA) is 57.6 Å². The van der Waals surface area contributed by atoms with Crippen LogP contribution in [0.1, 0.15) is 19.8 Å². The van der Waals surface area contributed by atoms with Crippen LogP contribution in [0, 0.1) is 5.92 Å². The summed E-state index contributed by atoms with van der Waals surface area (Å²) in [6.07, 6.45) is -0.0245. The van der Waals surface area contributed by atoms with Gasteiger partial charge in [-0.05, 0) is 13.3 Å². The lowest BCUT2D eigenvalue weighted by atomic mass is 10.0. The van der Waals surface area contributed by atoms with Crippen molar-refractivity contribution in [2.45, 2.75) is 25.7 Å². The molecule has 6 heteroatoms. The Morgan fingerprint density at radius 1 is 1.47 bits per heavy atom. The summed E-state index contributed by atoms with van der Waals surface area (Å²) in [5, 5.41) is 8.58. The lowest BCUT2D eigenvalue weighted by molar-refractivity contribution is -0.155. The molecule has 1 heterocycles. The summed E-state index contributed by atoms with van der Waals surface area (Å²) in [4.78, 5) is 22.9. The van der Waals surface area contributed by atoms with Gasteiger partial charge in [-0.25, -0.2) is 8.78 Å². The molecule has 1 rings (SSSR count). The Morgan fingerprint density at radius 3 is 2.53 bits per heavy atom. The number of hydrogen-bond donors (Lipinski definition) is 1. The Kier molecular flexibility index (Phi) is 3.26. The number of carboxylic acids is 1. The van der Waals surface area contributed by atoms with Gasteiger partial charge in [0.25, 0.3) is 5.92 Å². The minimum atomic E-state index is -2.88. The monoisotopic (exact) mass is 221 g/mol. The fraction of sp³-hybridized carbons (Fsp3) is 0.778. The Hall–Kier alpha value is -1.20. The lowest BCUT2D eigenvalue weighted by Crippen LogP contribution is -2.48. The van der Waals surface area contributed by atoms with Crippen LogP contribution in [0.5, 0.6) is 0 Å². The van der Waals surface area contributed by atoms with E-state index >= 15 is 0 Å². The van der Waals surface area contributed by atoms with Gasteiger partial charge in [0.15, 0.2) is 0 Å². The Labute approximate surface area is 85.9 Å². The summed E-state index contributed by atoms with van der Waals surface area (Å²) in [6, 6.07) is 0. The molecule has 1 amide bonds. The average Bonchev–Trinajstić information content (AvgIpc) is 2.13. The maximum Gasteiger partial charge on any atom is 0.315 e. The zero-order valence-electron chi connectivity index (χ0n) is 8.37. The number of rotatable bonds is 2. The number of halogens is 2. The van der Waals surface area contributed by atoms with E-state index in [-0.39, 0.29) is 19.4 Å². The van der Waals surface area contributed by atoms with Gasteiger partial charge >= 0.3 is 5.97 Å². The van der Waals surface area contributed by atoms with Crippen molar-refractivity contribution in [3.8, 4) is 0 Å². The van der Waals surface area contributed by atoms with Gasteiger partial charge in [0.05, 0.1) is 6.54 Å². The van der Waals surface area contributed by atoms with Crippen LogP contribution in [0.4, 0.5) is 8.78 Å². The van der Waals surface area contributed by atoms with Crippen molar-refractivity contribution in [1.29, 1.82) is 0 Å². The van der Waals surface area contributed by atoms with Crippen molar-refractivity contribution in [2.75, 3.05) is 13.1 Å². The Morgan fingerprint density at radius 2 is 2.07 bits per heavy atom. The summed E-state index contributed by atoms with van der Waals surface area (Å²) in [5.41, 5.74) is 0. The van der Waals surface area contributed by atoms with Gasteiger partial charge < -0.3 is 10.0 Å². The highest BCUT2D eigenvalue weighted by Gasteiger charge is 2.39. The van der Waals surface area contributed by atoms with Gasteiger partial charge in [-0.1, -0.05) is 0 Å². The van der Waals surface area contributed by atoms with Crippen molar-refractivity contribution in [1.82, 2.24) is 4.90 Å². The number of likely N-dealkylation sites (tertiary alicyclic amines) is 1. The van der Waals surface area contributed by atoms with E-state index in [0.717, 1.165) is 4.90 Å². The van der Waals surface area contributed by atoms with E-state index in [2.05, 4.69) is 0 Å². The highest BCUT2D eigenvalue weighted by molar-refractivity contribution is 5.96. The lowest BCUT2D eigenvalue weighted by Gasteiger charge is -2.33. The summed E-state index contributed by atoms with van der Waals surface area (Å²) >= 11 is 0. The number of amides is 1. The largest absolute Gasteiger partial charge is 0.481 e. The molecule has 0 spiro atoms. The normalized spacial score (nSPS) is 22.2. The van der Waals surface area contributed by atoms with E-state index in [9.17, 15) is 18.4 Å². The molecule has 1 fully saturated rings. The SMILES string of the molecule is CC(C(=O)O)C(=O)N1CCCC(F)(F)C1. The van der Waals surface area contributed by atoms with Crippen LogP contribution in [0.2, 0.25) is 0 Å². The predicted molar refractivity (Wildman–Crippen MR) is 47.6 cm³/mol. The molecule has 15 heavy (non-hydrogen) atoms. The van der Waals surface area contributed by atoms with E-state index < -0.39 is 30.3 Å². The third-order valence-electron chi connectivity index (χ3n) is 2.45. The number of carbonyl (C=O) groups is 2. The molecule has 0 aromatic rings. The quantitative estimate of drug-likeness (QED) is 0.707. The molecule has 1 unspecified atom stereocenters. The molecule has 0 bridgehead atoms. The zero-order valence-corrected chi connectivity index (χ0v) is 8.37. The summed E-state index contributed by atoms with van der Waals surface area (Å²) < 4.78 is 25.9. The van der Waals surface area contributed by atoms with Crippen LogP contribution >= 0.6 is 0 Å². The first kappa shape index (κ1) is 11.9. The molecule has 0 saturated carbocycles. The van der Waals surface area contributed by atoms with Gasteiger partial charge in [0.1, 0.15) is 5.92 Å². The zero-order chi connectivity index (χ0) is 11.6. The third-order valence-corrected chi connectivity index (χ3v) is 2.45. The van der Waals surface area contributed by atoms with Crippen molar-refractivity contribution >= 4 is 11.9 Å². The van der Waals surface area contributed by atoms with Gasteiger partial charge in [-0.2, -0.15) is 0 Å². The van der Waals surface area contributed by atoms with Crippen molar-refractivity contribution in [3.05, 3.63) is 0 Å². The van der Waals surface area contributed by atoms with Crippen LogP contribution in [0.15, 0.2) is 0 Å². The van der Waals surface area contributed by atoms with Crippen molar-refractivity contribution < 1.29 is 23.5 Å². The molecule has 0 aromatic heterocycles. The number of hydrogen-bond acceptors (Lipinski definition) is 2. The molecule has 0 radical (unpaired) electrons. The smallest absolute Gasteiger partial charge is 0.315 e. The molecule has 1 saturated heterocycles. The molecular formula is C9H13F2NO3. The number of nitrogens with zero attached hydrogens (tertiary/aromatic N) is 1. The van der Waals surface area contributed by atoms with E-state index in [0.29, 0.717) is 0 Å². The first-order valence-electron chi connectivity index (χ1n) is 4.73.